The second-order valence-electron chi connectivity index (χ2n) is 4.64. The van der Waals surface area contributed by atoms with Crippen LogP contribution < -0.4 is 5.32 Å². The Morgan fingerprint density at radius 1 is 1.39 bits per heavy atom. The van der Waals surface area contributed by atoms with Crippen LogP contribution in [0, 0.1) is 5.82 Å². The molecule has 0 saturated carbocycles. The van der Waals surface area contributed by atoms with Crippen molar-refractivity contribution >= 4 is 35.0 Å². The fourth-order valence-corrected chi connectivity index (χ4v) is 3.18. The zero-order valence-corrected chi connectivity index (χ0v) is 13.8. The molecule has 1 amide bonds. The lowest BCUT2D eigenvalue weighted by atomic mass is 10.1. The molecule has 122 valence electrons. The molecule has 0 fully saturated rings. The van der Waals surface area contributed by atoms with Crippen LogP contribution in [0.5, 0.6) is 0 Å². The molecule has 0 spiro atoms. The minimum absolute atomic E-state index is 0.0182. The minimum atomic E-state index is -0.872. The molecular formula is C15H15FN2O3S2. The van der Waals surface area contributed by atoms with E-state index in [1.54, 1.807) is 11.4 Å². The number of aromatic nitrogens is 1. The van der Waals surface area contributed by atoms with Gasteiger partial charge in [-0.3, -0.25) is 9.59 Å². The smallest absolute Gasteiger partial charge is 0.313 e. The average molecular weight is 354 g/mol. The van der Waals surface area contributed by atoms with Gasteiger partial charge in [-0.1, -0.05) is 12.1 Å². The number of nitrogens with one attached hydrogen (secondary N) is 1. The van der Waals surface area contributed by atoms with Crippen molar-refractivity contribution in [1.29, 1.82) is 0 Å². The second kappa shape index (κ2) is 8.64. The largest absolute Gasteiger partial charge is 0.481 e. The van der Waals surface area contributed by atoms with E-state index in [-0.39, 0.29) is 17.5 Å². The lowest BCUT2D eigenvalue weighted by molar-refractivity contribution is -0.133. The SMILES string of the molecule is O=C(O)CSCCNC(=O)c1csc(Cc2cccc(F)c2)n1. The van der Waals surface area contributed by atoms with Crippen LogP contribution in [0.4, 0.5) is 4.39 Å². The number of carboxylic acid groups (broad SMARTS) is 1. The van der Waals surface area contributed by atoms with Crippen molar-refractivity contribution in [3.8, 4) is 0 Å². The van der Waals surface area contributed by atoms with Gasteiger partial charge in [-0.25, -0.2) is 9.37 Å². The molecule has 0 saturated heterocycles. The van der Waals surface area contributed by atoms with Crippen LogP contribution in [0.25, 0.3) is 0 Å². The molecule has 2 rings (SSSR count). The van der Waals surface area contributed by atoms with Crippen molar-refractivity contribution in [2.45, 2.75) is 6.42 Å². The van der Waals surface area contributed by atoms with Crippen LogP contribution in [0.2, 0.25) is 0 Å². The molecule has 0 radical (unpaired) electrons. The van der Waals surface area contributed by atoms with Gasteiger partial charge in [-0.15, -0.1) is 23.1 Å². The Morgan fingerprint density at radius 2 is 2.22 bits per heavy atom. The van der Waals surface area contributed by atoms with Gasteiger partial charge < -0.3 is 10.4 Å². The van der Waals surface area contributed by atoms with Gasteiger partial charge in [0.1, 0.15) is 11.5 Å². The van der Waals surface area contributed by atoms with Gasteiger partial charge in [0, 0.05) is 24.1 Å². The van der Waals surface area contributed by atoms with E-state index in [9.17, 15) is 14.0 Å². The third-order valence-corrected chi connectivity index (χ3v) is 4.58. The predicted octanol–water partition coefficient (Wildman–Crippen LogP) is 2.42. The Bertz CT molecular complexity index is 691. The molecule has 8 heteroatoms. The van der Waals surface area contributed by atoms with Crippen LogP contribution in [-0.2, 0) is 11.2 Å². The van der Waals surface area contributed by atoms with Crippen molar-refractivity contribution in [2.75, 3.05) is 18.1 Å². The van der Waals surface area contributed by atoms with E-state index in [1.165, 1.54) is 35.2 Å². The average Bonchev–Trinajstić information content (AvgIpc) is 2.95. The molecule has 1 aromatic heterocycles. The third-order valence-electron chi connectivity index (χ3n) is 2.79. The molecule has 2 aromatic rings. The van der Waals surface area contributed by atoms with E-state index in [0.717, 1.165) is 10.6 Å². The first kappa shape index (κ1) is 17.4. The number of aliphatic carboxylic acids is 1. The molecule has 1 heterocycles. The summed E-state index contributed by atoms with van der Waals surface area (Å²) in [5, 5.41) is 13.6. The molecule has 0 aliphatic rings. The number of carbonyl (C=O) groups is 2. The summed E-state index contributed by atoms with van der Waals surface area (Å²) in [6, 6.07) is 6.28. The number of rotatable bonds is 8. The van der Waals surface area contributed by atoms with E-state index < -0.39 is 5.97 Å². The van der Waals surface area contributed by atoms with Gasteiger partial charge in [-0.2, -0.15) is 0 Å². The van der Waals surface area contributed by atoms with Crippen molar-refractivity contribution in [1.82, 2.24) is 10.3 Å². The number of hydrogen-bond acceptors (Lipinski definition) is 5. The van der Waals surface area contributed by atoms with Crippen LogP contribution in [0.15, 0.2) is 29.6 Å². The molecule has 2 N–H and O–H groups in total. The number of hydrogen-bond donors (Lipinski definition) is 2. The second-order valence-corrected chi connectivity index (χ2v) is 6.68. The van der Waals surface area contributed by atoms with E-state index >= 15 is 0 Å². The molecule has 1 aromatic carbocycles. The van der Waals surface area contributed by atoms with Crippen molar-refractivity contribution in [3.05, 3.63) is 51.7 Å². The Morgan fingerprint density at radius 3 is 2.96 bits per heavy atom. The van der Waals surface area contributed by atoms with E-state index in [2.05, 4.69) is 10.3 Å². The quantitative estimate of drug-likeness (QED) is 0.712. The van der Waals surface area contributed by atoms with Crippen LogP contribution in [-0.4, -0.2) is 40.0 Å². The Balaban J connectivity index is 1.81. The van der Waals surface area contributed by atoms with Gasteiger partial charge in [0.05, 0.1) is 10.8 Å². The molecule has 0 atom stereocenters. The summed E-state index contributed by atoms with van der Waals surface area (Å²) in [5.41, 5.74) is 1.13. The number of carboxylic acids is 1. The standard InChI is InChI=1S/C15H15FN2O3S2/c16-11-3-1-2-10(6-11)7-13-18-12(8-23-13)15(21)17-4-5-22-9-14(19)20/h1-3,6,8H,4-5,7,9H2,(H,17,21)(H,19,20). The fraction of sp³-hybridized carbons (Fsp3) is 0.267. The number of halogens is 1. The zero-order chi connectivity index (χ0) is 16.7. The summed E-state index contributed by atoms with van der Waals surface area (Å²) in [4.78, 5) is 26.5. The molecule has 23 heavy (non-hydrogen) atoms. The first-order valence-electron chi connectivity index (χ1n) is 6.81. The molecular weight excluding hydrogens is 339 g/mol. The first-order chi connectivity index (χ1) is 11.0. The van der Waals surface area contributed by atoms with Gasteiger partial charge in [0.25, 0.3) is 5.91 Å². The highest BCUT2D eigenvalue weighted by molar-refractivity contribution is 7.99. The van der Waals surface area contributed by atoms with Gasteiger partial charge in [0.2, 0.25) is 0 Å². The van der Waals surface area contributed by atoms with Crippen molar-refractivity contribution < 1.29 is 19.1 Å². The summed E-state index contributed by atoms with van der Waals surface area (Å²) in [6.07, 6.45) is 0.476. The van der Waals surface area contributed by atoms with Crippen LogP contribution >= 0.6 is 23.1 Å². The third kappa shape index (κ3) is 5.99. The number of amides is 1. The number of benzene rings is 1. The molecule has 0 aliphatic carbocycles. The maximum atomic E-state index is 13.1. The van der Waals surface area contributed by atoms with Crippen LogP contribution in [0.3, 0.4) is 0 Å². The van der Waals surface area contributed by atoms with Crippen LogP contribution in [0.1, 0.15) is 21.1 Å². The topological polar surface area (TPSA) is 79.3 Å². The summed E-state index contributed by atoms with van der Waals surface area (Å²) in [5.74, 6) is -0.913. The summed E-state index contributed by atoms with van der Waals surface area (Å²) in [7, 11) is 0. The normalized spacial score (nSPS) is 10.5. The van der Waals surface area contributed by atoms with Gasteiger partial charge in [-0.05, 0) is 17.7 Å². The lowest BCUT2D eigenvalue weighted by Gasteiger charge is -2.02. The first-order valence-corrected chi connectivity index (χ1v) is 8.84. The molecule has 0 aliphatic heterocycles. The summed E-state index contributed by atoms with van der Waals surface area (Å²) in [6.45, 7) is 0.382. The Kier molecular flexibility index (Phi) is 6.54. The highest BCUT2D eigenvalue weighted by atomic mass is 32.2. The molecule has 5 nitrogen and oxygen atoms in total. The monoisotopic (exact) mass is 354 g/mol. The number of thiazole rings is 1. The fourth-order valence-electron chi connectivity index (χ4n) is 1.80. The maximum Gasteiger partial charge on any atom is 0.313 e. The van der Waals surface area contributed by atoms with Gasteiger partial charge >= 0.3 is 5.97 Å². The number of nitrogens with zero attached hydrogens (tertiary/aromatic N) is 1. The number of carbonyl (C=O) groups excluding carboxylic acids is 1. The Labute approximate surface area is 140 Å². The van der Waals surface area contributed by atoms with Crippen molar-refractivity contribution in [2.24, 2.45) is 0 Å². The predicted molar refractivity (Wildman–Crippen MR) is 88.6 cm³/mol. The van der Waals surface area contributed by atoms with Crippen molar-refractivity contribution in [3.63, 3.8) is 0 Å². The Hall–Kier alpha value is -1.93. The molecule has 0 bridgehead atoms. The molecule has 0 unspecified atom stereocenters. The van der Waals surface area contributed by atoms with E-state index in [1.807, 2.05) is 6.07 Å². The van der Waals surface area contributed by atoms with E-state index in [4.69, 9.17) is 5.11 Å². The highest BCUT2D eigenvalue weighted by Gasteiger charge is 2.11. The van der Waals surface area contributed by atoms with Gasteiger partial charge in [0.15, 0.2) is 0 Å². The number of thioether (sulfide) groups is 1. The summed E-state index contributed by atoms with van der Waals surface area (Å²) < 4.78 is 13.1. The minimum Gasteiger partial charge on any atom is -0.481 e. The lowest BCUT2D eigenvalue weighted by Crippen LogP contribution is -2.26. The summed E-state index contributed by atoms with van der Waals surface area (Å²) >= 11 is 2.59. The zero-order valence-electron chi connectivity index (χ0n) is 12.1. The highest BCUT2D eigenvalue weighted by Crippen LogP contribution is 2.15. The maximum absolute atomic E-state index is 13.1. The van der Waals surface area contributed by atoms with E-state index in [0.29, 0.717) is 24.4 Å².